The molecule has 1 fully saturated rings. The lowest BCUT2D eigenvalue weighted by molar-refractivity contribution is -0.153. The van der Waals surface area contributed by atoms with Gasteiger partial charge in [-0.25, -0.2) is 14.8 Å². The van der Waals surface area contributed by atoms with Crippen LogP contribution in [-0.2, 0) is 9.59 Å². The van der Waals surface area contributed by atoms with Gasteiger partial charge in [-0.05, 0) is 53.9 Å². The lowest BCUT2D eigenvalue weighted by Crippen LogP contribution is -2.63. The maximum Gasteiger partial charge on any atom is 0.336 e. The molecule has 0 aromatic heterocycles. The summed E-state index contributed by atoms with van der Waals surface area (Å²) in [5, 5.41) is 11.8. The third-order valence-electron chi connectivity index (χ3n) is 8.22. The molecule has 4 amide bonds. The third-order valence-corrected chi connectivity index (χ3v) is 8.22. The van der Waals surface area contributed by atoms with Gasteiger partial charge in [0.05, 0.1) is 0 Å². The normalized spacial score (nSPS) is 16.3. The molecule has 1 aliphatic rings. The second-order valence-electron chi connectivity index (χ2n) is 13.6. The van der Waals surface area contributed by atoms with Crippen molar-refractivity contribution in [2.75, 3.05) is 20.1 Å². The van der Waals surface area contributed by atoms with Gasteiger partial charge in [0.15, 0.2) is 0 Å². The van der Waals surface area contributed by atoms with Gasteiger partial charge in [0.2, 0.25) is 0 Å². The van der Waals surface area contributed by atoms with Crippen molar-refractivity contribution in [3.05, 3.63) is 0 Å². The first kappa shape index (κ1) is 37.2. The fourth-order valence-electron chi connectivity index (χ4n) is 6.38. The standard InChI is InChI=1S/C33H65N5O3/c1-8-10-11-12-13-14-15-16-17-18-19-20-21-22-23-24-25-34-31(41)38(9-2)37(7)30(40)29(39)35-28-26-32(3,4)36-33(5,6)27-28/h28,36H,8-27H2,1-7H3,(H,34,41)(H,35,39). The van der Waals surface area contributed by atoms with E-state index in [4.69, 9.17) is 0 Å². The maximum absolute atomic E-state index is 12.9. The summed E-state index contributed by atoms with van der Waals surface area (Å²) in [6, 6.07) is -0.453. The Labute approximate surface area is 252 Å². The number of carbonyl (C=O) groups is 3. The Morgan fingerprint density at radius 3 is 1.54 bits per heavy atom. The highest BCUT2D eigenvalue weighted by Crippen LogP contribution is 2.28. The van der Waals surface area contributed by atoms with E-state index in [1.54, 1.807) is 6.92 Å². The fourth-order valence-corrected chi connectivity index (χ4v) is 6.38. The summed E-state index contributed by atoms with van der Waals surface area (Å²) in [7, 11) is 1.48. The van der Waals surface area contributed by atoms with Crippen molar-refractivity contribution in [2.45, 2.75) is 174 Å². The second kappa shape index (κ2) is 20.1. The number of hydrogen-bond donors (Lipinski definition) is 3. The Hall–Kier alpha value is -1.83. The minimum atomic E-state index is -0.724. The van der Waals surface area contributed by atoms with Gasteiger partial charge in [0, 0.05) is 37.3 Å². The van der Waals surface area contributed by atoms with Crippen LogP contribution in [0.3, 0.4) is 0 Å². The third kappa shape index (κ3) is 16.4. The summed E-state index contributed by atoms with van der Waals surface area (Å²) >= 11 is 0. The van der Waals surface area contributed by atoms with Crippen LogP contribution in [0, 0.1) is 0 Å². The number of unbranched alkanes of at least 4 members (excludes halogenated alkanes) is 15. The van der Waals surface area contributed by atoms with Crippen molar-refractivity contribution >= 4 is 17.8 Å². The smallest absolute Gasteiger partial charge is 0.336 e. The quantitative estimate of drug-likeness (QED) is 0.0866. The fraction of sp³-hybridized carbons (Fsp3) is 0.909. The van der Waals surface area contributed by atoms with Crippen LogP contribution in [0.4, 0.5) is 4.79 Å². The summed E-state index contributed by atoms with van der Waals surface area (Å²) in [6.07, 6.45) is 22.5. The van der Waals surface area contributed by atoms with E-state index in [9.17, 15) is 14.4 Å². The molecule has 240 valence electrons. The molecule has 0 radical (unpaired) electrons. The highest BCUT2D eigenvalue weighted by Gasteiger charge is 2.39. The molecule has 1 aliphatic heterocycles. The second-order valence-corrected chi connectivity index (χ2v) is 13.6. The molecule has 0 aromatic rings. The van der Waals surface area contributed by atoms with Gasteiger partial charge >= 0.3 is 17.8 Å². The van der Waals surface area contributed by atoms with Crippen molar-refractivity contribution < 1.29 is 14.4 Å². The molecule has 0 unspecified atom stereocenters. The van der Waals surface area contributed by atoms with Crippen LogP contribution in [-0.4, -0.2) is 65.1 Å². The molecular weight excluding hydrogens is 514 g/mol. The zero-order valence-electron chi connectivity index (χ0n) is 27.8. The van der Waals surface area contributed by atoms with Crippen LogP contribution in [0.5, 0.6) is 0 Å². The zero-order chi connectivity index (χ0) is 30.7. The predicted molar refractivity (Wildman–Crippen MR) is 171 cm³/mol. The number of carbonyl (C=O) groups excluding carboxylic acids is 3. The number of nitrogens with one attached hydrogen (secondary N) is 3. The van der Waals surface area contributed by atoms with Gasteiger partial charge in [-0.3, -0.25) is 9.59 Å². The van der Waals surface area contributed by atoms with E-state index in [0.29, 0.717) is 13.1 Å². The number of rotatable bonds is 19. The molecule has 3 N–H and O–H groups in total. The molecule has 0 aromatic carbocycles. The van der Waals surface area contributed by atoms with Crippen LogP contribution in [0.1, 0.15) is 157 Å². The van der Waals surface area contributed by atoms with E-state index in [0.717, 1.165) is 30.7 Å². The maximum atomic E-state index is 12.9. The van der Waals surface area contributed by atoms with Crippen LogP contribution >= 0.6 is 0 Å². The molecule has 0 bridgehead atoms. The number of hydrazine groups is 1. The topological polar surface area (TPSA) is 93.8 Å². The number of hydrogen-bond acceptors (Lipinski definition) is 4. The number of piperidine rings is 1. The number of urea groups is 1. The molecule has 0 aliphatic carbocycles. The summed E-state index contributed by atoms with van der Waals surface area (Å²) in [6.45, 7) is 13.3. The molecule has 0 saturated carbocycles. The molecule has 1 saturated heterocycles. The van der Waals surface area contributed by atoms with E-state index in [2.05, 4.69) is 50.6 Å². The van der Waals surface area contributed by atoms with E-state index >= 15 is 0 Å². The van der Waals surface area contributed by atoms with Crippen LogP contribution in [0.25, 0.3) is 0 Å². The SMILES string of the molecule is CCCCCCCCCCCCCCCCCCNC(=O)N(CC)N(C)C(=O)C(=O)NC1CC(C)(C)NC(C)(C)C1. The van der Waals surface area contributed by atoms with Crippen LogP contribution in [0.2, 0.25) is 0 Å². The lowest BCUT2D eigenvalue weighted by Gasteiger charge is -2.46. The van der Waals surface area contributed by atoms with Gasteiger partial charge in [-0.1, -0.05) is 103 Å². The number of amides is 4. The summed E-state index contributed by atoms with van der Waals surface area (Å²) < 4.78 is 0. The summed E-state index contributed by atoms with van der Waals surface area (Å²) in [5.74, 6) is -1.39. The summed E-state index contributed by atoms with van der Waals surface area (Å²) in [4.78, 5) is 38.4. The molecule has 8 heteroatoms. The van der Waals surface area contributed by atoms with Gasteiger partial charge in [0.1, 0.15) is 0 Å². The highest BCUT2D eigenvalue weighted by molar-refractivity contribution is 6.35. The molecule has 8 nitrogen and oxygen atoms in total. The van der Waals surface area contributed by atoms with E-state index in [-0.39, 0.29) is 23.2 Å². The molecule has 1 heterocycles. The van der Waals surface area contributed by atoms with Crippen LogP contribution < -0.4 is 16.0 Å². The summed E-state index contributed by atoms with van der Waals surface area (Å²) in [5.41, 5.74) is -0.284. The first-order chi connectivity index (χ1) is 19.4. The van der Waals surface area contributed by atoms with Crippen molar-refractivity contribution in [3.63, 3.8) is 0 Å². The van der Waals surface area contributed by atoms with Crippen LogP contribution in [0.15, 0.2) is 0 Å². The van der Waals surface area contributed by atoms with Crippen molar-refractivity contribution in [1.82, 2.24) is 26.0 Å². The van der Waals surface area contributed by atoms with E-state index in [1.807, 2.05) is 0 Å². The Balaban J connectivity index is 2.16. The highest BCUT2D eigenvalue weighted by atomic mass is 16.2. The van der Waals surface area contributed by atoms with Crippen molar-refractivity contribution in [2.24, 2.45) is 0 Å². The van der Waals surface area contributed by atoms with E-state index in [1.165, 1.54) is 102 Å². The number of nitrogens with zero attached hydrogens (tertiary/aromatic N) is 2. The van der Waals surface area contributed by atoms with Gasteiger partial charge < -0.3 is 16.0 Å². The first-order valence-corrected chi connectivity index (χ1v) is 16.9. The lowest BCUT2D eigenvalue weighted by atomic mass is 9.79. The first-order valence-electron chi connectivity index (χ1n) is 16.9. The van der Waals surface area contributed by atoms with Crippen molar-refractivity contribution in [1.29, 1.82) is 0 Å². The minimum absolute atomic E-state index is 0.107. The Morgan fingerprint density at radius 2 is 1.12 bits per heavy atom. The molecular formula is C33H65N5O3. The largest absolute Gasteiger partial charge is 0.345 e. The van der Waals surface area contributed by atoms with Gasteiger partial charge in [0.25, 0.3) is 0 Å². The van der Waals surface area contributed by atoms with Crippen molar-refractivity contribution in [3.8, 4) is 0 Å². The average Bonchev–Trinajstić information content (AvgIpc) is 2.88. The molecule has 1 rings (SSSR count). The molecule has 41 heavy (non-hydrogen) atoms. The van der Waals surface area contributed by atoms with Gasteiger partial charge in [-0.2, -0.15) is 0 Å². The Kier molecular flexibility index (Phi) is 18.3. The monoisotopic (exact) mass is 580 g/mol. The zero-order valence-corrected chi connectivity index (χ0v) is 27.8. The van der Waals surface area contributed by atoms with Gasteiger partial charge in [-0.15, -0.1) is 0 Å². The minimum Gasteiger partial charge on any atom is -0.345 e. The molecule has 0 atom stereocenters. The Bertz CT molecular complexity index is 739. The molecule has 0 spiro atoms. The number of likely N-dealkylation sites (N-methyl/N-ethyl adjacent to an activating group) is 1. The predicted octanol–water partition coefficient (Wildman–Crippen LogP) is 7.08. The van der Waals surface area contributed by atoms with E-state index < -0.39 is 11.8 Å². The average molecular weight is 580 g/mol. The Morgan fingerprint density at radius 1 is 0.707 bits per heavy atom.